The lowest BCUT2D eigenvalue weighted by Gasteiger charge is -2.44. The topological polar surface area (TPSA) is 95.0 Å². The van der Waals surface area contributed by atoms with Crippen LogP contribution in [0.4, 0.5) is 0 Å². The molecule has 0 aromatic heterocycles. The number of fused-ring (bicyclic) bond motifs is 1. The van der Waals surface area contributed by atoms with E-state index in [1.54, 1.807) is 42.7 Å². The van der Waals surface area contributed by atoms with Crippen molar-refractivity contribution in [1.29, 1.82) is 0 Å². The first kappa shape index (κ1) is 18.7. The Labute approximate surface area is 153 Å². The molecule has 0 saturated carbocycles. The van der Waals surface area contributed by atoms with Crippen molar-refractivity contribution in [3.63, 3.8) is 0 Å². The van der Waals surface area contributed by atoms with Crippen LogP contribution in [-0.4, -0.2) is 71.8 Å². The molecule has 8 heteroatoms. The van der Waals surface area contributed by atoms with Crippen molar-refractivity contribution in [2.75, 3.05) is 24.6 Å². The Bertz CT molecular complexity index is 849. The number of nitrogens with zero attached hydrogens (tertiary/aromatic N) is 2. The number of phenols is 1. The van der Waals surface area contributed by atoms with Gasteiger partial charge in [-0.15, -0.1) is 0 Å². The van der Waals surface area contributed by atoms with Gasteiger partial charge in [0.05, 0.1) is 23.6 Å². The van der Waals surface area contributed by atoms with E-state index in [1.807, 2.05) is 0 Å². The van der Waals surface area contributed by atoms with Crippen molar-refractivity contribution in [1.82, 2.24) is 9.80 Å². The van der Waals surface area contributed by atoms with Gasteiger partial charge in [-0.25, -0.2) is 8.42 Å². The number of phenolic OH excluding ortho intramolecular Hbond substituents is 1. The average molecular weight is 380 g/mol. The summed E-state index contributed by atoms with van der Waals surface area (Å²) in [7, 11) is -3.32. The zero-order valence-electron chi connectivity index (χ0n) is 15.2. The van der Waals surface area contributed by atoms with Gasteiger partial charge in [-0.05, 0) is 24.6 Å². The summed E-state index contributed by atoms with van der Waals surface area (Å²) in [5.41, 5.74) is 0.981. The monoisotopic (exact) mass is 380 g/mol. The highest BCUT2D eigenvalue weighted by Crippen LogP contribution is 2.30. The van der Waals surface area contributed by atoms with Crippen LogP contribution in [-0.2, 0) is 14.6 Å². The van der Waals surface area contributed by atoms with E-state index in [1.165, 1.54) is 6.07 Å². The SMILES string of the molecule is Cc1ccc(C(=O)N2CCN(C(=O)C(C)C)C3CS(=O)(=O)CC32)cc1O. The summed E-state index contributed by atoms with van der Waals surface area (Å²) in [6.45, 7) is 5.90. The van der Waals surface area contributed by atoms with Crippen LogP contribution in [0.3, 0.4) is 0 Å². The smallest absolute Gasteiger partial charge is 0.254 e. The molecule has 2 fully saturated rings. The third-order valence-electron chi connectivity index (χ3n) is 5.17. The standard InChI is InChI=1S/C18H24N2O5S/c1-11(2)17(22)19-6-7-20(15-10-26(24,25)9-14(15)19)18(23)13-5-4-12(3)16(21)8-13/h4-5,8,11,14-15,21H,6-7,9-10H2,1-3H3. The lowest BCUT2D eigenvalue weighted by molar-refractivity contribution is -0.139. The Morgan fingerprint density at radius 2 is 1.69 bits per heavy atom. The number of amides is 2. The summed E-state index contributed by atoms with van der Waals surface area (Å²) in [5, 5.41) is 9.87. The molecule has 2 unspecified atom stereocenters. The van der Waals surface area contributed by atoms with Crippen molar-refractivity contribution >= 4 is 21.7 Å². The molecule has 3 rings (SSSR count). The Kier molecular flexibility index (Phi) is 4.72. The van der Waals surface area contributed by atoms with Crippen molar-refractivity contribution < 1.29 is 23.1 Å². The largest absolute Gasteiger partial charge is 0.508 e. The van der Waals surface area contributed by atoms with Gasteiger partial charge in [0, 0.05) is 24.6 Å². The van der Waals surface area contributed by atoms with Crippen LogP contribution >= 0.6 is 0 Å². The molecule has 2 heterocycles. The second kappa shape index (κ2) is 6.57. The Morgan fingerprint density at radius 1 is 1.12 bits per heavy atom. The molecule has 26 heavy (non-hydrogen) atoms. The number of rotatable bonds is 2. The predicted octanol–water partition coefficient (Wildman–Crippen LogP) is 0.807. The van der Waals surface area contributed by atoms with E-state index >= 15 is 0 Å². The van der Waals surface area contributed by atoms with Crippen molar-refractivity contribution in [2.45, 2.75) is 32.9 Å². The van der Waals surface area contributed by atoms with Crippen LogP contribution in [0.25, 0.3) is 0 Å². The lowest BCUT2D eigenvalue weighted by atomic mass is 10.0. The fourth-order valence-electron chi connectivity index (χ4n) is 3.72. The van der Waals surface area contributed by atoms with E-state index in [2.05, 4.69) is 0 Å². The second-order valence-electron chi connectivity index (χ2n) is 7.40. The Morgan fingerprint density at radius 3 is 2.27 bits per heavy atom. The van der Waals surface area contributed by atoms with Crippen molar-refractivity contribution in [2.24, 2.45) is 5.92 Å². The lowest BCUT2D eigenvalue weighted by Crippen LogP contribution is -2.62. The van der Waals surface area contributed by atoms with Gasteiger partial charge in [0.1, 0.15) is 5.75 Å². The predicted molar refractivity (Wildman–Crippen MR) is 96.7 cm³/mol. The second-order valence-corrected chi connectivity index (χ2v) is 9.55. The van der Waals surface area contributed by atoms with E-state index in [9.17, 15) is 23.1 Å². The number of sulfone groups is 1. The molecule has 2 aliphatic rings. The highest BCUT2D eigenvalue weighted by atomic mass is 32.2. The Hall–Kier alpha value is -2.09. The summed E-state index contributed by atoms with van der Waals surface area (Å²) in [6.07, 6.45) is 0. The number of hydrogen-bond acceptors (Lipinski definition) is 5. The number of carbonyl (C=O) groups is 2. The first-order valence-corrected chi connectivity index (χ1v) is 10.5. The minimum Gasteiger partial charge on any atom is -0.508 e. The first-order chi connectivity index (χ1) is 12.1. The third kappa shape index (κ3) is 3.30. The molecule has 142 valence electrons. The molecule has 0 bridgehead atoms. The van der Waals surface area contributed by atoms with Gasteiger partial charge in [0.25, 0.3) is 5.91 Å². The highest BCUT2D eigenvalue weighted by molar-refractivity contribution is 7.91. The van der Waals surface area contributed by atoms with E-state index in [0.29, 0.717) is 17.7 Å². The minimum absolute atomic E-state index is 0.0278. The quantitative estimate of drug-likeness (QED) is 0.819. The van der Waals surface area contributed by atoms with Gasteiger partial charge in [-0.3, -0.25) is 9.59 Å². The fraction of sp³-hybridized carbons (Fsp3) is 0.556. The number of aromatic hydroxyl groups is 1. The molecular formula is C18H24N2O5S. The number of hydrogen-bond donors (Lipinski definition) is 1. The van der Waals surface area contributed by atoms with E-state index in [0.717, 1.165) is 0 Å². The van der Waals surface area contributed by atoms with E-state index in [-0.39, 0.29) is 41.5 Å². The zero-order chi connectivity index (χ0) is 19.2. The van der Waals surface area contributed by atoms with Gasteiger partial charge < -0.3 is 14.9 Å². The number of piperazine rings is 1. The number of carbonyl (C=O) groups excluding carboxylic acids is 2. The number of benzene rings is 1. The molecule has 1 N–H and O–H groups in total. The molecule has 2 amide bonds. The molecule has 0 radical (unpaired) electrons. The molecule has 1 aromatic carbocycles. The molecular weight excluding hydrogens is 356 g/mol. The molecule has 2 saturated heterocycles. The molecule has 2 atom stereocenters. The van der Waals surface area contributed by atoms with Gasteiger partial charge in [0.15, 0.2) is 9.84 Å². The minimum atomic E-state index is -3.32. The summed E-state index contributed by atoms with van der Waals surface area (Å²) in [6, 6.07) is 3.63. The van der Waals surface area contributed by atoms with Gasteiger partial charge in [0.2, 0.25) is 5.91 Å². The van der Waals surface area contributed by atoms with Crippen LogP contribution < -0.4 is 0 Å². The Balaban J connectivity index is 1.91. The first-order valence-electron chi connectivity index (χ1n) is 8.72. The summed E-state index contributed by atoms with van der Waals surface area (Å²) >= 11 is 0. The van der Waals surface area contributed by atoms with Crippen LogP contribution in [0.15, 0.2) is 18.2 Å². The third-order valence-corrected chi connectivity index (χ3v) is 6.87. The van der Waals surface area contributed by atoms with Crippen LogP contribution in [0.2, 0.25) is 0 Å². The highest BCUT2D eigenvalue weighted by Gasteiger charge is 2.49. The average Bonchev–Trinajstić information content (AvgIpc) is 2.89. The van der Waals surface area contributed by atoms with Gasteiger partial charge >= 0.3 is 0 Å². The molecule has 0 spiro atoms. The summed E-state index contributed by atoms with van der Waals surface area (Å²) < 4.78 is 24.4. The van der Waals surface area contributed by atoms with Crippen LogP contribution in [0.5, 0.6) is 5.75 Å². The van der Waals surface area contributed by atoms with Crippen molar-refractivity contribution in [3.05, 3.63) is 29.3 Å². The molecule has 1 aromatic rings. The fourth-order valence-corrected chi connectivity index (χ4v) is 5.70. The summed E-state index contributed by atoms with van der Waals surface area (Å²) in [4.78, 5) is 28.6. The van der Waals surface area contributed by atoms with Gasteiger partial charge in [-0.2, -0.15) is 0 Å². The van der Waals surface area contributed by atoms with Crippen LogP contribution in [0, 0.1) is 12.8 Å². The molecule has 7 nitrogen and oxygen atoms in total. The maximum Gasteiger partial charge on any atom is 0.254 e. The number of aryl methyl sites for hydroxylation is 1. The zero-order valence-corrected chi connectivity index (χ0v) is 16.0. The molecule has 0 aliphatic carbocycles. The van der Waals surface area contributed by atoms with Gasteiger partial charge in [-0.1, -0.05) is 19.9 Å². The summed E-state index contributed by atoms with van der Waals surface area (Å²) in [5.74, 6) is -0.848. The maximum atomic E-state index is 12.9. The normalized spacial score (nSPS) is 24.6. The maximum absolute atomic E-state index is 12.9. The molecule has 2 aliphatic heterocycles. The van der Waals surface area contributed by atoms with E-state index < -0.39 is 21.9 Å². The van der Waals surface area contributed by atoms with Crippen LogP contribution in [0.1, 0.15) is 29.8 Å². The van der Waals surface area contributed by atoms with E-state index in [4.69, 9.17) is 0 Å². The van der Waals surface area contributed by atoms with Crippen molar-refractivity contribution in [3.8, 4) is 5.75 Å².